The molecular weight excluding hydrogens is 314 g/mol. The van der Waals surface area contributed by atoms with Gasteiger partial charge in [0.25, 0.3) is 0 Å². The molecule has 0 radical (unpaired) electrons. The SMILES string of the molecule is Cc1ccc(-c2[nH]ncc2CNCCCCOCc2ccccc2)o1. The average molecular weight is 339 g/mol. The van der Waals surface area contributed by atoms with Crippen molar-refractivity contribution in [3.8, 4) is 11.5 Å². The van der Waals surface area contributed by atoms with Crippen molar-refractivity contribution < 1.29 is 9.15 Å². The lowest BCUT2D eigenvalue weighted by molar-refractivity contribution is 0.117. The van der Waals surface area contributed by atoms with Gasteiger partial charge >= 0.3 is 0 Å². The van der Waals surface area contributed by atoms with Crippen LogP contribution in [0.2, 0.25) is 0 Å². The first kappa shape index (κ1) is 17.5. The van der Waals surface area contributed by atoms with Gasteiger partial charge in [0, 0.05) is 18.7 Å². The summed E-state index contributed by atoms with van der Waals surface area (Å²) in [4.78, 5) is 0. The second-order valence-corrected chi connectivity index (χ2v) is 6.10. The topological polar surface area (TPSA) is 63.1 Å². The van der Waals surface area contributed by atoms with E-state index in [1.54, 1.807) is 0 Å². The number of nitrogens with one attached hydrogen (secondary N) is 2. The predicted octanol–water partition coefficient (Wildman–Crippen LogP) is 4.06. The molecule has 0 unspecified atom stereocenters. The Morgan fingerprint density at radius 2 is 2.00 bits per heavy atom. The fraction of sp³-hybridized carbons (Fsp3) is 0.350. The summed E-state index contributed by atoms with van der Waals surface area (Å²) in [6.07, 6.45) is 3.99. The van der Waals surface area contributed by atoms with E-state index in [2.05, 4.69) is 27.6 Å². The minimum Gasteiger partial charge on any atom is -0.460 e. The van der Waals surface area contributed by atoms with Gasteiger partial charge in [-0.3, -0.25) is 5.10 Å². The quantitative estimate of drug-likeness (QED) is 0.547. The Bertz CT molecular complexity index is 749. The predicted molar refractivity (Wildman–Crippen MR) is 98.1 cm³/mol. The highest BCUT2D eigenvalue weighted by Gasteiger charge is 2.10. The van der Waals surface area contributed by atoms with Crippen LogP contribution in [0.25, 0.3) is 11.5 Å². The molecule has 3 rings (SSSR count). The van der Waals surface area contributed by atoms with Crippen LogP contribution < -0.4 is 5.32 Å². The molecule has 0 aliphatic rings. The summed E-state index contributed by atoms with van der Waals surface area (Å²) in [6.45, 7) is 5.15. The number of H-pyrrole nitrogens is 1. The highest BCUT2D eigenvalue weighted by Crippen LogP contribution is 2.23. The standard InChI is InChI=1S/C20H25N3O2/c1-16-9-10-19(25-16)20-18(14-22-23-20)13-21-11-5-6-12-24-15-17-7-3-2-4-8-17/h2-4,7-10,14,21H,5-6,11-13,15H2,1H3,(H,22,23). The van der Waals surface area contributed by atoms with Crippen LogP contribution in [0.5, 0.6) is 0 Å². The molecule has 2 heterocycles. The van der Waals surface area contributed by atoms with Crippen LogP contribution in [0.15, 0.2) is 53.1 Å². The molecule has 0 amide bonds. The number of aromatic nitrogens is 2. The fourth-order valence-electron chi connectivity index (χ4n) is 2.67. The van der Waals surface area contributed by atoms with E-state index >= 15 is 0 Å². The second-order valence-electron chi connectivity index (χ2n) is 6.10. The van der Waals surface area contributed by atoms with Gasteiger partial charge in [0.05, 0.1) is 12.8 Å². The van der Waals surface area contributed by atoms with E-state index in [0.29, 0.717) is 6.61 Å². The van der Waals surface area contributed by atoms with Crippen molar-refractivity contribution in [2.75, 3.05) is 13.2 Å². The lowest BCUT2D eigenvalue weighted by Crippen LogP contribution is -2.15. The smallest absolute Gasteiger partial charge is 0.152 e. The molecule has 0 saturated carbocycles. The normalized spacial score (nSPS) is 11.1. The molecule has 0 spiro atoms. The van der Waals surface area contributed by atoms with E-state index in [1.165, 1.54) is 5.56 Å². The van der Waals surface area contributed by atoms with Crippen molar-refractivity contribution >= 4 is 0 Å². The van der Waals surface area contributed by atoms with Gasteiger partial charge in [-0.1, -0.05) is 30.3 Å². The maximum Gasteiger partial charge on any atom is 0.152 e. The van der Waals surface area contributed by atoms with Gasteiger partial charge in [0.1, 0.15) is 11.5 Å². The molecule has 25 heavy (non-hydrogen) atoms. The number of aryl methyl sites for hydroxylation is 1. The van der Waals surface area contributed by atoms with Gasteiger partial charge in [0.2, 0.25) is 0 Å². The Morgan fingerprint density at radius 3 is 2.80 bits per heavy atom. The van der Waals surface area contributed by atoms with Gasteiger partial charge < -0.3 is 14.5 Å². The lowest BCUT2D eigenvalue weighted by atomic mass is 10.2. The van der Waals surface area contributed by atoms with E-state index in [-0.39, 0.29) is 0 Å². The third-order valence-electron chi connectivity index (χ3n) is 4.02. The molecule has 1 aromatic carbocycles. The molecule has 5 nitrogen and oxygen atoms in total. The molecule has 2 N–H and O–H groups in total. The van der Waals surface area contributed by atoms with Crippen molar-refractivity contribution in [2.24, 2.45) is 0 Å². The number of rotatable bonds is 10. The van der Waals surface area contributed by atoms with Crippen LogP contribution in [0.4, 0.5) is 0 Å². The Kier molecular flexibility index (Phi) is 6.42. The minimum absolute atomic E-state index is 0.690. The van der Waals surface area contributed by atoms with Crippen molar-refractivity contribution in [1.29, 1.82) is 0 Å². The zero-order chi connectivity index (χ0) is 17.3. The molecule has 0 saturated heterocycles. The van der Waals surface area contributed by atoms with Gasteiger partial charge in [-0.05, 0) is 44.0 Å². The summed E-state index contributed by atoms with van der Waals surface area (Å²) in [6, 6.07) is 14.2. The first-order valence-corrected chi connectivity index (χ1v) is 8.74. The van der Waals surface area contributed by atoms with Crippen molar-refractivity contribution in [2.45, 2.75) is 32.9 Å². The maximum absolute atomic E-state index is 5.70. The molecule has 2 aromatic heterocycles. The van der Waals surface area contributed by atoms with Gasteiger partial charge in [-0.25, -0.2) is 0 Å². The molecule has 0 atom stereocenters. The first-order chi connectivity index (χ1) is 12.3. The monoisotopic (exact) mass is 339 g/mol. The Hall–Kier alpha value is -2.37. The van der Waals surface area contributed by atoms with Crippen molar-refractivity contribution in [1.82, 2.24) is 15.5 Å². The lowest BCUT2D eigenvalue weighted by Gasteiger charge is -2.06. The largest absolute Gasteiger partial charge is 0.460 e. The number of benzene rings is 1. The van der Waals surface area contributed by atoms with E-state index in [4.69, 9.17) is 9.15 Å². The van der Waals surface area contributed by atoms with E-state index in [1.807, 2.05) is 43.5 Å². The first-order valence-electron chi connectivity index (χ1n) is 8.74. The highest BCUT2D eigenvalue weighted by molar-refractivity contribution is 5.56. The van der Waals surface area contributed by atoms with Crippen LogP contribution in [0.1, 0.15) is 29.7 Å². The van der Waals surface area contributed by atoms with Crippen LogP contribution >= 0.6 is 0 Å². The van der Waals surface area contributed by atoms with E-state index < -0.39 is 0 Å². The van der Waals surface area contributed by atoms with E-state index in [0.717, 1.165) is 55.3 Å². The minimum atomic E-state index is 0.690. The molecule has 3 aromatic rings. The van der Waals surface area contributed by atoms with Crippen molar-refractivity contribution in [3.63, 3.8) is 0 Å². The van der Waals surface area contributed by atoms with Crippen molar-refractivity contribution in [3.05, 3.63) is 65.5 Å². The molecule has 132 valence electrons. The summed E-state index contributed by atoms with van der Waals surface area (Å²) >= 11 is 0. The number of ether oxygens (including phenoxy) is 1. The van der Waals surface area contributed by atoms with Crippen LogP contribution in [-0.4, -0.2) is 23.3 Å². The Morgan fingerprint density at radius 1 is 1.12 bits per heavy atom. The van der Waals surface area contributed by atoms with Crippen LogP contribution in [-0.2, 0) is 17.9 Å². The summed E-state index contributed by atoms with van der Waals surface area (Å²) in [5, 5.41) is 10.6. The van der Waals surface area contributed by atoms with Gasteiger partial charge in [-0.15, -0.1) is 0 Å². The molecule has 0 aliphatic heterocycles. The number of nitrogens with zero attached hydrogens (tertiary/aromatic N) is 1. The summed E-state index contributed by atoms with van der Waals surface area (Å²) in [7, 11) is 0. The number of unbranched alkanes of at least 4 members (excludes halogenated alkanes) is 1. The number of aromatic amines is 1. The van der Waals surface area contributed by atoms with Gasteiger partial charge in [-0.2, -0.15) is 5.10 Å². The Labute approximate surface area is 148 Å². The summed E-state index contributed by atoms with van der Waals surface area (Å²) < 4.78 is 11.4. The molecule has 0 bridgehead atoms. The number of hydrogen-bond donors (Lipinski definition) is 2. The van der Waals surface area contributed by atoms with E-state index in [9.17, 15) is 0 Å². The molecule has 0 aliphatic carbocycles. The number of furan rings is 1. The maximum atomic E-state index is 5.70. The zero-order valence-electron chi connectivity index (χ0n) is 14.6. The second kappa shape index (κ2) is 9.20. The average Bonchev–Trinajstić information content (AvgIpc) is 3.26. The van der Waals surface area contributed by atoms with Crippen LogP contribution in [0.3, 0.4) is 0 Å². The highest BCUT2D eigenvalue weighted by atomic mass is 16.5. The molecular formula is C20H25N3O2. The zero-order valence-corrected chi connectivity index (χ0v) is 14.6. The molecule has 5 heteroatoms. The third-order valence-corrected chi connectivity index (χ3v) is 4.02. The molecule has 0 fully saturated rings. The summed E-state index contributed by atoms with van der Waals surface area (Å²) in [5.74, 6) is 1.74. The van der Waals surface area contributed by atoms with Gasteiger partial charge in [0.15, 0.2) is 5.76 Å². The Balaban J connectivity index is 1.30. The summed E-state index contributed by atoms with van der Waals surface area (Å²) in [5.41, 5.74) is 3.29. The fourth-order valence-corrected chi connectivity index (χ4v) is 2.67. The third kappa shape index (κ3) is 5.31. The van der Waals surface area contributed by atoms with Crippen LogP contribution in [0, 0.1) is 6.92 Å². The number of hydrogen-bond acceptors (Lipinski definition) is 4.